The highest BCUT2D eigenvalue weighted by atomic mass is 32.2. The van der Waals surface area contributed by atoms with Gasteiger partial charge in [-0.3, -0.25) is 4.31 Å². The Balaban J connectivity index is 2.11. The Bertz CT molecular complexity index is 1090. The molecule has 0 bridgehead atoms. The lowest BCUT2D eigenvalue weighted by Crippen LogP contribution is -2.36. The van der Waals surface area contributed by atoms with Crippen molar-refractivity contribution in [3.05, 3.63) is 48.0 Å². The molecule has 1 unspecified atom stereocenters. The van der Waals surface area contributed by atoms with Crippen LogP contribution in [0.3, 0.4) is 0 Å². The van der Waals surface area contributed by atoms with Gasteiger partial charge in [0.15, 0.2) is 0 Å². The summed E-state index contributed by atoms with van der Waals surface area (Å²) in [6.45, 7) is -1.55. The molecule has 2 aromatic carbocycles. The summed E-state index contributed by atoms with van der Waals surface area (Å²) in [5.74, 6) is -0.464. The Morgan fingerprint density at radius 2 is 1.81 bits per heavy atom. The van der Waals surface area contributed by atoms with Crippen LogP contribution in [0.5, 0.6) is 5.75 Å². The highest BCUT2D eigenvalue weighted by Gasteiger charge is 2.38. The number of nitrogens with zero attached hydrogens (tertiary/aromatic N) is 1. The zero-order valence-electron chi connectivity index (χ0n) is 14.0. The topological polar surface area (TPSA) is 107 Å². The summed E-state index contributed by atoms with van der Waals surface area (Å²) in [5.41, 5.74) is 0.742. The van der Waals surface area contributed by atoms with Crippen LogP contribution in [0.2, 0.25) is 0 Å². The fourth-order valence-electron chi connectivity index (χ4n) is 3.08. The van der Waals surface area contributed by atoms with E-state index in [0.717, 1.165) is 10.4 Å². The smallest absolute Gasteiger partial charge is 0.387 e. The van der Waals surface area contributed by atoms with Gasteiger partial charge < -0.3 is 4.74 Å². The average molecular weight is 418 g/mol. The molecule has 3 rings (SSSR count). The molecule has 0 saturated carbocycles. The van der Waals surface area contributed by atoms with Crippen LogP contribution < -0.4 is 14.2 Å². The normalized spacial score (nSPS) is 17.2. The zero-order chi connectivity index (χ0) is 20.0. The third kappa shape index (κ3) is 3.62. The number of anilines is 1. The Kier molecular flexibility index (Phi) is 4.87. The molecule has 0 saturated heterocycles. The second-order valence-corrected chi connectivity index (χ2v) is 9.36. The molecule has 1 heterocycles. The first-order valence-electron chi connectivity index (χ1n) is 7.76. The van der Waals surface area contributed by atoms with Crippen LogP contribution in [0.1, 0.15) is 12.5 Å². The summed E-state index contributed by atoms with van der Waals surface area (Å²) in [6, 6.07) is 8.41. The van der Waals surface area contributed by atoms with E-state index < -0.39 is 43.3 Å². The zero-order valence-corrected chi connectivity index (χ0v) is 15.7. The highest BCUT2D eigenvalue weighted by molar-refractivity contribution is 7.93. The maximum atomic E-state index is 13.1. The monoisotopic (exact) mass is 418 g/mol. The van der Waals surface area contributed by atoms with Crippen molar-refractivity contribution in [2.75, 3.05) is 4.31 Å². The number of sulfonamides is 2. The maximum Gasteiger partial charge on any atom is 0.387 e. The number of benzene rings is 2. The molecule has 2 aromatic rings. The minimum absolute atomic E-state index is 0.130. The molecular weight excluding hydrogens is 402 g/mol. The van der Waals surface area contributed by atoms with Crippen molar-refractivity contribution < 1.29 is 30.4 Å². The minimum atomic E-state index is -4.23. The van der Waals surface area contributed by atoms with Crippen molar-refractivity contribution in [2.45, 2.75) is 35.8 Å². The number of para-hydroxylation sites is 1. The predicted octanol–water partition coefficient (Wildman–Crippen LogP) is 2.08. The molecule has 0 spiro atoms. The highest BCUT2D eigenvalue weighted by Crippen LogP contribution is 2.39. The van der Waals surface area contributed by atoms with E-state index in [1.165, 1.54) is 36.4 Å². The second-order valence-electron chi connectivity index (χ2n) is 6.01. The standard InChI is InChI=1S/C16H16F2N2O5S2/c1-10-8-11-9-12(26(19,21)22)6-7-13(11)20(10)27(23,24)15-5-3-2-4-14(15)25-16(17)18/h2-7,9-10,16H,8H2,1H3,(H2,19,21,22). The number of rotatable bonds is 5. The fraction of sp³-hybridized carbons (Fsp3) is 0.250. The Morgan fingerprint density at radius 3 is 2.44 bits per heavy atom. The largest absolute Gasteiger partial charge is 0.433 e. The van der Waals surface area contributed by atoms with Gasteiger partial charge in [0.05, 0.1) is 10.6 Å². The van der Waals surface area contributed by atoms with Gasteiger partial charge in [-0.05, 0) is 49.2 Å². The first-order chi connectivity index (χ1) is 12.5. The van der Waals surface area contributed by atoms with Gasteiger partial charge in [-0.2, -0.15) is 8.78 Å². The van der Waals surface area contributed by atoms with Crippen molar-refractivity contribution in [3.8, 4) is 5.75 Å². The predicted molar refractivity (Wildman–Crippen MR) is 93.7 cm³/mol. The van der Waals surface area contributed by atoms with E-state index >= 15 is 0 Å². The van der Waals surface area contributed by atoms with E-state index in [-0.39, 0.29) is 17.0 Å². The van der Waals surface area contributed by atoms with Gasteiger partial charge in [0.1, 0.15) is 10.6 Å². The minimum Gasteiger partial charge on any atom is -0.433 e. The molecule has 7 nitrogen and oxygen atoms in total. The van der Waals surface area contributed by atoms with E-state index in [9.17, 15) is 25.6 Å². The molecule has 0 aromatic heterocycles. The summed E-state index contributed by atoms with van der Waals surface area (Å²) >= 11 is 0. The molecule has 0 fully saturated rings. The van der Waals surface area contributed by atoms with Crippen LogP contribution in [-0.4, -0.2) is 29.5 Å². The van der Waals surface area contributed by atoms with Crippen LogP contribution in [0.25, 0.3) is 0 Å². The van der Waals surface area contributed by atoms with Gasteiger partial charge in [-0.15, -0.1) is 0 Å². The lowest BCUT2D eigenvalue weighted by Gasteiger charge is -2.25. The molecule has 2 N–H and O–H groups in total. The Morgan fingerprint density at radius 1 is 1.15 bits per heavy atom. The number of alkyl halides is 2. The summed E-state index contributed by atoms with van der Waals surface area (Å²) < 4.78 is 80.0. The van der Waals surface area contributed by atoms with Gasteiger partial charge in [-0.25, -0.2) is 22.0 Å². The lowest BCUT2D eigenvalue weighted by molar-refractivity contribution is -0.0517. The van der Waals surface area contributed by atoms with Crippen LogP contribution >= 0.6 is 0 Å². The van der Waals surface area contributed by atoms with E-state index in [0.29, 0.717) is 5.56 Å². The summed E-state index contributed by atoms with van der Waals surface area (Å²) in [4.78, 5) is -0.533. The second kappa shape index (κ2) is 6.73. The molecule has 1 aliphatic heterocycles. The molecule has 146 valence electrons. The lowest BCUT2D eigenvalue weighted by atomic mass is 10.1. The Hall–Kier alpha value is -2.24. The van der Waals surface area contributed by atoms with Crippen LogP contribution in [-0.2, 0) is 26.5 Å². The van der Waals surface area contributed by atoms with Crippen LogP contribution in [0, 0.1) is 0 Å². The SMILES string of the molecule is CC1Cc2cc(S(N)(=O)=O)ccc2N1S(=O)(=O)c1ccccc1OC(F)F. The number of fused-ring (bicyclic) bond motifs is 1. The maximum absolute atomic E-state index is 13.1. The molecule has 1 aliphatic rings. The first-order valence-corrected chi connectivity index (χ1v) is 10.7. The Labute approximate surface area is 155 Å². The van der Waals surface area contributed by atoms with Crippen molar-refractivity contribution in [1.82, 2.24) is 0 Å². The molecule has 1 atom stereocenters. The summed E-state index contributed by atoms with van der Waals surface area (Å²) in [6.07, 6.45) is 0.246. The van der Waals surface area contributed by atoms with Gasteiger partial charge in [0.2, 0.25) is 10.0 Å². The number of halogens is 2. The van der Waals surface area contributed by atoms with Crippen LogP contribution in [0.15, 0.2) is 52.3 Å². The summed E-state index contributed by atoms with van der Waals surface area (Å²) in [7, 11) is -8.17. The number of hydrogen-bond donors (Lipinski definition) is 1. The van der Waals surface area contributed by atoms with Gasteiger partial charge in [0.25, 0.3) is 10.0 Å². The number of ether oxygens (including phenoxy) is 1. The molecule has 11 heteroatoms. The first kappa shape index (κ1) is 19.5. The molecule has 0 amide bonds. The van der Waals surface area contributed by atoms with Gasteiger partial charge in [-0.1, -0.05) is 12.1 Å². The molecular formula is C16H16F2N2O5S2. The van der Waals surface area contributed by atoms with Crippen molar-refractivity contribution in [3.63, 3.8) is 0 Å². The van der Waals surface area contributed by atoms with E-state index in [4.69, 9.17) is 5.14 Å². The van der Waals surface area contributed by atoms with Crippen molar-refractivity contribution in [1.29, 1.82) is 0 Å². The third-order valence-electron chi connectivity index (χ3n) is 4.13. The molecule has 0 aliphatic carbocycles. The fourth-order valence-corrected chi connectivity index (χ4v) is 5.47. The van der Waals surface area contributed by atoms with E-state index in [2.05, 4.69) is 4.74 Å². The van der Waals surface area contributed by atoms with Crippen LogP contribution in [0.4, 0.5) is 14.5 Å². The van der Waals surface area contributed by atoms with E-state index in [1.807, 2.05) is 0 Å². The molecule has 27 heavy (non-hydrogen) atoms. The summed E-state index contributed by atoms with van der Waals surface area (Å²) in [5, 5.41) is 5.12. The average Bonchev–Trinajstić information content (AvgIpc) is 2.89. The van der Waals surface area contributed by atoms with Gasteiger partial charge >= 0.3 is 6.61 Å². The number of primary sulfonamides is 1. The number of nitrogens with two attached hydrogens (primary N) is 1. The van der Waals surface area contributed by atoms with Gasteiger partial charge in [0, 0.05) is 6.04 Å². The van der Waals surface area contributed by atoms with Crippen molar-refractivity contribution >= 4 is 25.7 Å². The molecule has 0 radical (unpaired) electrons. The third-order valence-corrected chi connectivity index (χ3v) is 7.01. The number of hydrogen-bond acceptors (Lipinski definition) is 5. The quantitative estimate of drug-likeness (QED) is 0.800. The van der Waals surface area contributed by atoms with E-state index in [1.54, 1.807) is 6.92 Å². The van der Waals surface area contributed by atoms with Crippen molar-refractivity contribution in [2.24, 2.45) is 5.14 Å².